The molecule has 14 heavy (non-hydrogen) atoms. The van der Waals surface area contributed by atoms with Crippen molar-refractivity contribution in [3.05, 3.63) is 23.5 Å². The van der Waals surface area contributed by atoms with Crippen LogP contribution in [0.4, 0.5) is 5.69 Å². The fraction of sp³-hybridized carbons (Fsp3) is 0.400. The largest absolute Gasteiger partial charge is 0.398 e. The average molecular weight is 303 g/mol. The van der Waals surface area contributed by atoms with E-state index in [1.54, 1.807) is 12.4 Å². The van der Waals surface area contributed by atoms with Crippen LogP contribution in [0.15, 0.2) is 15.6 Å². The van der Waals surface area contributed by atoms with Crippen LogP contribution in [0.25, 0.3) is 0 Å². The molecule has 2 N–H and O–H groups in total. The van der Waals surface area contributed by atoms with Crippen molar-refractivity contribution in [3.8, 4) is 0 Å². The highest BCUT2D eigenvalue weighted by Gasteiger charge is 2.18. The Morgan fingerprint density at radius 2 is 2.07 bits per heavy atom. The summed E-state index contributed by atoms with van der Waals surface area (Å²) < 4.78 is 3.91. The first-order valence-corrected chi connectivity index (χ1v) is 5.31. The van der Waals surface area contributed by atoms with Gasteiger partial charge in [-0.2, -0.15) is 0 Å². The van der Waals surface area contributed by atoms with Gasteiger partial charge < -0.3 is 5.73 Å². The molecule has 0 bridgehead atoms. The van der Waals surface area contributed by atoms with Gasteiger partial charge in [-0.05, 0) is 11.0 Å². The van der Waals surface area contributed by atoms with Gasteiger partial charge in [-0.3, -0.25) is 4.98 Å². The van der Waals surface area contributed by atoms with Crippen molar-refractivity contribution in [2.75, 3.05) is 5.73 Å². The molecule has 0 radical (unpaired) electrons. The van der Waals surface area contributed by atoms with Crippen molar-refractivity contribution in [1.82, 2.24) is 4.98 Å². The summed E-state index contributed by atoms with van der Waals surface area (Å²) in [5.41, 5.74) is 8.75. The highest BCUT2D eigenvalue weighted by atomic mass is 127. The summed E-state index contributed by atoms with van der Waals surface area (Å²) in [5, 5.41) is 0. The van der Waals surface area contributed by atoms with Gasteiger partial charge >= 0.3 is 0 Å². The first-order chi connectivity index (χ1) is 6.46. The topological polar surface area (TPSA) is 51.3 Å². The second-order valence-electron chi connectivity index (χ2n) is 4.17. The van der Waals surface area contributed by atoms with Gasteiger partial charge in [0.1, 0.15) is 0 Å². The molecule has 0 aliphatic rings. The Hall–Kier alpha value is -0.650. The maximum Gasteiger partial charge on any atom is 0.0831 e. The summed E-state index contributed by atoms with van der Waals surface area (Å²) in [6.07, 6.45) is 5.27. The number of aromatic nitrogens is 1. The summed E-state index contributed by atoms with van der Waals surface area (Å²) >= 11 is 1.93. The SMILES string of the molecule is CC(C)(C)c1cncc(C=NI)c1N. The molecule has 0 amide bonds. The minimum absolute atomic E-state index is 0.0200. The normalized spacial score (nSPS) is 12.3. The van der Waals surface area contributed by atoms with Crippen molar-refractivity contribution in [2.24, 2.45) is 3.21 Å². The van der Waals surface area contributed by atoms with E-state index in [0.717, 1.165) is 16.8 Å². The monoisotopic (exact) mass is 303 g/mol. The molecule has 1 heterocycles. The smallest absolute Gasteiger partial charge is 0.0831 e. The molecule has 1 rings (SSSR count). The predicted molar refractivity (Wildman–Crippen MR) is 69.0 cm³/mol. The molecule has 0 spiro atoms. The van der Waals surface area contributed by atoms with Gasteiger partial charge in [-0.1, -0.05) is 20.8 Å². The number of hydrogen-bond acceptors (Lipinski definition) is 3. The fourth-order valence-corrected chi connectivity index (χ4v) is 1.54. The fourth-order valence-electron chi connectivity index (χ4n) is 1.24. The summed E-state index contributed by atoms with van der Waals surface area (Å²) in [5.74, 6) is 0. The van der Waals surface area contributed by atoms with Crippen LogP contribution >= 0.6 is 22.9 Å². The minimum atomic E-state index is 0.0200. The van der Waals surface area contributed by atoms with Gasteiger partial charge in [-0.25, -0.2) is 3.21 Å². The molecule has 0 aliphatic carbocycles. The molecule has 0 saturated carbocycles. The Morgan fingerprint density at radius 1 is 1.43 bits per heavy atom. The maximum atomic E-state index is 6.02. The highest BCUT2D eigenvalue weighted by Crippen LogP contribution is 2.28. The van der Waals surface area contributed by atoms with Crippen LogP contribution in [-0.2, 0) is 5.41 Å². The molecule has 0 saturated heterocycles. The van der Waals surface area contributed by atoms with Crippen LogP contribution in [0.3, 0.4) is 0 Å². The number of halogens is 1. The summed E-state index contributed by atoms with van der Waals surface area (Å²) in [7, 11) is 0. The van der Waals surface area contributed by atoms with Gasteiger partial charge in [-0.15, -0.1) is 0 Å². The minimum Gasteiger partial charge on any atom is -0.398 e. The van der Waals surface area contributed by atoms with Crippen molar-refractivity contribution in [3.63, 3.8) is 0 Å². The lowest BCUT2D eigenvalue weighted by Crippen LogP contribution is -2.15. The van der Waals surface area contributed by atoms with Gasteiger partial charge in [0.2, 0.25) is 0 Å². The third kappa shape index (κ3) is 2.43. The maximum absolute atomic E-state index is 6.02. The molecule has 0 atom stereocenters. The van der Waals surface area contributed by atoms with Crippen molar-refractivity contribution in [1.29, 1.82) is 0 Å². The molecule has 0 unspecified atom stereocenters. The van der Waals surface area contributed by atoms with Crippen LogP contribution in [0, 0.1) is 0 Å². The van der Waals surface area contributed by atoms with Gasteiger partial charge in [0.25, 0.3) is 0 Å². The molecular formula is C10H14IN3. The number of nitrogens with zero attached hydrogens (tertiary/aromatic N) is 2. The zero-order chi connectivity index (χ0) is 10.8. The summed E-state index contributed by atoms with van der Waals surface area (Å²) in [6, 6.07) is 0. The van der Waals surface area contributed by atoms with E-state index in [9.17, 15) is 0 Å². The van der Waals surface area contributed by atoms with E-state index in [0.29, 0.717) is 0 Å². The van der Waals surface area contributed by atoms with Crippen LogP contribution in [0.5, 0.6) is 0 Å². The van der Waals surface area contributed by atoms with Crippen molar-refractivity contribution < 1.29 is 0 Å². The van der Waals surface area contributed by atoms with E-state index in [-0.39, 0.29) is 5.41 Å². The second kappa shape index (κ2) is 4.25. The van der Waals surface area contributed by atoms with E-state index < -0.39 is 0 Å². The van der Waals surface area contributed by atoms with Crippen LogP contribution < -0.4 is 5.73 Å². The molecule has 1 aromatic rings. The molecule has 1 aromatic heterocycles. The molecule has 76 valence electrons. The Kier molecular flexibility index (Phi) is 3.47. The van der Waals surface area contributed by atoms with Crippen LogP contribution in [0.1, 0.15) is 31.9 Å². The zero-order valence-electron chi connectivity index (χ0n) is 8.58. The number of anilines is 1. The summed E-state index contributed by atoms with van der Waals surface area (Å²) in [6.45, 7) is 6.35. The molecule has 3 nitrogen and oxygen atoms in total. The number of hydrogen-bond donors (Lipinski definition) is 1. The van der Waals surface area contributed by atoms with E-state index in [2.05, 4.69) is 29.0 Å². The quantitative estimate of drug-likeness (QED) is 0.640. The lowest BCUT2D eigenvalue weighted by atomic mass is 9.86. The first kappa shape index (κ1) is 11.4. The average Bonchev–Trinajstić information content (AvgIpc) is 2.07. The molecular weight excluding hydrogens is 289 g/mol. The summed E-state index contributed by atoms with van der Waals surface area (Å²) in [4.78, 5) is 4.16. The second-order valence-corrected chi connectivity index (χ2v) is 4.72. The number of rotatable bonds is 1. The predicted octanol–water partition coefficient (Wildman–Crippen LogP) is 2.73. The Labute approximate surface area is 98.3 Å². The van der Waals surface area contributed by atoms with Crippen LogP contribution in [0.2, 0.25) is 0 Å². The third-order valence-electron chi connectivity index (χ3n) is 2.01. The molecule has 0 fully saturated rings. The van der Waals surface area contributed by atoms with Gasteiger partial charge in [0, 0.05) is 29.9 Å². The first-order valence-electron chi connectivity index (χ1n) is 4.35. The standard InChI is InChI=1S/C10H14IN3/c1-10(2,3)8-6-13-4-7(5-14-11)9(8)12/h4-6H,1-3H3,(H2,12,13). The molecule has 4 heteroatoms. The van der Waals surface area contributed by atoms with E-state index in [4.69, 9.17) is 5.73 Å². The Morgan fingerprint density at radius 3 is 2.57 bits per heavy atom. The van der Waals surface area contributed by atoms with E-state index >= 15 is 0 Å². The molecule has 0 aliphatic heterocycles. The van der Waals surface area contributed by atoms with Crippen molar-refractivity contribution >= 4 is 34.8 Å². The Balaban J connectivity index is 3.28. The molecule has 0 aromatic carbocycles. The number of nitrogen functional groups attached to an aromatic ring is 1. The van der Waals surface area contributed by atoms with E-state index in [1.165, 1.54) is 0 Å². The van der Waals surface area contributed by atoms with Crippen LogP contribution in [-0.4, -0.2) is 11.2 Å². The van der Waals surface area contributed by atoms with Gasteiger partial charge in [0.05, 0.1) is 22.9 Å². The van der Waals surface area contributed by atoms with E-state index in [1.807, 2.05) is 29.1 Å². The number of pyridine rings is 1. The lowest BCUT2D eigenvalue weighted by Gasteiger charge is -2.21. The third-order valence-corrected chi connectivity index (χ3v) is 2.29. The number of nitrogens with two attached hydrogens (primary N) is 1. The van der Waals surface area contributed by atoms with Crippen molar-refractivity contribution in [2.45, 2.75) is 26.2 Å². The Bertz CT molecular complexity index is 353. The zero-order valence-corrected chi connectivity index (χ0v) is 10.7. The lowest BCUT2D eigenvalue weighted by molar-refractivity contribution is 0.590. The highest BCUT2D eigenvalue weighted by molar-refractivity contribution is 14.1. The van der Waals surface area contributed by atoms with Gasteiger partial charge in [0.15, 0.2) is 0 Å².